The molecule has 1 amide bonds. The van der Waals surface area contributed by atoms with Gasteiger partial charge in [0.25, 0.3) is 5.69 Å². The zero-order valence-corrected chi connectivity index (χ0v) is 11.1. The molecule has 1 aromatic carbocycles. The van der Waals surface area contributed by atoms with Crippen LogP contribution in [0.4, 0.5) is 5.69 Å². The lowest BCUT2D eigenvalue weighted by Crippen LogP contribution is -2.37. The lowest BCUT2D eigenvalue weighted by molar-refractivity contribution is -0.383. The fourth-order valence-corrected chi connectivity index (χ4v) is 1.84. The smallest absolute Gasteiger partial charge is 0.295 e. The molecule has 0 saturated carbocycles. The van der Waals surface area contributed by atoms with E-state index in [0.717, 1.165) is 0 Å². The highest BCUT2D eigenvalue weighted by Crippen LogP contribution is 2.31. The summed E-state index contributed by atoms with van der Waals surface area (Å²) in [6, 6.07) is 5.39. The molecule has 1 atom stereocenters. The first-order valence-corrected chi connectivity index (χ1v) is 6.20. The van der Waals surface area contributed by atoms with Crippen LogP contribution in [-0.2, 0) is 4.79 Å². The van der Waals surface area contributed by atoms with Gasteiger partial charge in [-0.3, -0.25) is 14.9 Å². The summed E-state index contributed by atoms with van der Waals surface area (Å²) in [4.78, 5) is 25.3. The zero-order chi connectivity index (χ0) is 15.4. The number of nitrogens with zero attached hydrogens (tertiary/aromatic N) is 2. The Morgan fingerprint density at radius 2 is 2.19 bits per heavy atom. The molecule has 0 aliphatic carbocycles. The van der Waals surface area contributed by atoms with Crippen molar-refractivity contribution in [2.75, 3.05) is 6.61 Å². The topological polar surface area (TPSA) is 134 Å². The van der Waals surface area contributed by atoms with Crippen molar-refractivity contribution in [3.8, 4) is 5.75 Å². The Morgan fingerprint density at radius 3 is 2.86 bits per heavy atom. The van der Waals surface area contributed by atoms with E-state index >= 15 is 0 Å². The Balaban J connectivity index is 2.23. The number of hydrogen-bond acceptors (Lipinski definition) is 6. The van der Waals surface area contributed by atoms with Crippen molar-refractivity contribution >= 4 is 22.5 Å². The quantitative estimate of drug-likeness (QED) is 0.594. The van der Waals surface area contributed by atoms with Crippen LogP contribution in [0.3, 0.4) is 0 Å². The Hall–Kier alpha value is -2.74. The Bertz CT molecular complexity index is 689. The molecule has 1 unspecified atom stereocenters. The van der Waals surface area contributed by atoms with Gasteiger partial charge in [-0.25, -0.2) is 4.98 Å². The number of rotatable bonds is 6. The number of primary amides is 1. The summed E-state index contributed by atoms with van der Waals surface area (Å²) >= 11 is 0. The number of aromatic nitrogens is 1. The first-order chi connectivity index (χ1) is 10.0. The number of fused-ring (bicyclic) bond motifs is 1. The summed E-state index contributed by atoms with van der Waals surface area (Å²) in [5.74, 6) is -0.158. The predicted molar refractivity (Wildman–Crippen MR) is 75.7 cm³/mol. The molecule has 21 heavy (non-hydrogen) atoms. The van der Waals surface area contributed by atoms with Gasteiger partial charge in [-0.1, -0.05) is 0 Å². The number of nitro benzene ring substituents is 1. The van der Waals surface area contributed by atoms with Crippen molar-refractivity contribution in [2.24, 2.45) is 11.5 Å². The number of carbonyl (C=O) groups excluding carboxylic acids is 1. The van der Waals surface area contributed by atoms with Crippen LogP contribution < -0.4 is 16.2 Å². The monoisotopic (exact) mass is 290 g/mol. The molecular weight excluding hydrogens is 276 g/mol. The van der Waals surface area contributed by atoms with Gasteiger partial charge < -0.3 is 16.2 Å². The second-order valence-electron chi connectivity index (χ2n) is 4.39. The molecule has 0 aliphatic heterocycles. The maximum Gasteiger partial charge on any atom is 0.295 e. The molecule has 0 radical (unpaired) electrons. The first-order valence-electron chi connectivity index (χ1n) is 6.20. The number of ether oxygens (including phenoxy) is 1. The van der Waals surface area contributed by atoms with E-state index in [2.05, 4.69) is 4.98 Å². The van der Waals surface area contributed by atoms with E-state index < -0.39 is 16.9 Å². The van der Waals surface area contributed by atoms with Crippen molar-refractivity contribution in [1.82, 2.24) is 4.98 Å². The second kappa shape index (κ2) is 6.14. The summed E-state index contributed by atoms with van der Waals surface area (Å²) in [7, 11) is 0. The molecule has 110 valence electrons. The van der Waals surface area contributed by atoms with Gasteiger partial charge in [-0.05, 0) is 18.2 Å². The van der Waals surface area contributed by atoms with Crippen molar-refractivity contribution in [3.63, 3.8) is 0 Å². The molecule has 8 heteroatoms. The highest BCUT2D eigenvalue weighted by Gasteiger charge is 2.16. The molecule has 8 nitrogen and oxygen atoms in total. The van der Waals surface area contributed by atoms with Crippen LogP contribution in [0.2, 0.25) is 0 Å². The molecule has 1 aromatic heterocycles. The average Bonchev–Trinajstić information content (AvgIpc) is 2.46. The lowest BCUT2D eigenvalue weighted by atomic mass is 10.1. The van der Waals surface area contributed by atoms with Gasteiger partial charge in [0, 0.05) is 24.1 Å². The minimum absolute atomic E-state index is 0.0909. The third kappa shape index (κ3) is 3.23. The maximum absolute atomic E-state index is 11.0. The number of non-ortho nitro benzene ring substituents is 1. The van der Waals surface area contributed by atoms with Crippen LogP contribution in [0.5, 0.6) is 5.75 Å². The molecule has 0 bridgehead atoms. The van der Waals surface area contributed by atoms with Crippen LogP contribution in [0.1, 0.15) is 6.42 Å². The standard InChI is InChI=1S/C13H14N4O4/c14-9(13(15)18)5-7-21-11-4-3-10(17(19)20)12-8(11)2-1-6-16-12/h1-4,6,9H,5,7,14H2,(H2,15,18). The summed E-state index contributed by atoms with van der Waals surface area (Å²) < 4.78 is 5.52. The SMILES string of the molecule is NC(=O)C(N)CCOc1ccc([N+](=O)[O-])c2ncccc12. The molecule has 0 fully saturated rings. The molecular formula is C13H14N4O4. The molecule has 2 rings (SSSR count). The summed E-state index contributed by atoms with van der Waals surface area (Å²) in [5.41, 5.74) is 10.7. The fourth-order valence-electron chi connectivity index (χ4n) is 1.84. The number of nitro groups is 1. The van der Waals surface area contributed by atoms with Crippen LogP contribution in [-0.4, -0.2) is 28.5 Å². The zero-order valence-electron chi connectivity index (χ0n) is 11.1. The first kappa shape index (κ1) is 14.7. The van der Waals surface area contributed by atoms with Gasteiger partial charge in [0.2, 0.25) is 5.91 Å². The third-order valence-corrected chi connectivity index (χ3v) is 2.96. The Morgan fingerprint density at radius 1 is 1.43 bits per heavy atom. The van der Waals surface area contributed by atoms with Crippen LogP contribution in [0, 0.1) is 10.1 Å². The molecule has 2 aromatic rings. The third-order valence-electron chi connectivity index (χ3n) is 2.96. The van der Waals surface area contributed by atoms with Gasteiger partial charge in [-0.2, -0.15) is 0 Å². The highest BCUT2D eigenvalue weighted by atomic mass is 16.6. The number of hydrogen-bond donors (Lipinski definition) is 2. The Kier molecular flexibility index (Phi) is 4.29. The minimum Gasteiger partial charge on any atom is -0.493 e. The van der Waals surface area contributed by atoms with Gasteiger partial charge in [-0.15, -0.1) is 0 Å². The predicted octanol–water partition coefficient (Wildman–Crippen LogP) is 0.724. The van der Waals surface area contributed by atoms with Crippen molar-refractivity contribution < 1.29 is 14.5 Å². The van der Waals surface area contributed by atoms with E-state index in [1.54, 1.807) is 12.1 Å². The normalized spacial score (nSPS) is 12.0. The summed E-state index contributed by atoms with van der Waals surface area (Å²) in [5, 5.41) is 11.5. The number of carbonyl (C=O) groups is 1. The summed E-state index contributed by atoms with van der Waals surface area (Å²) in [6.45, 7) is 0.173. The van der Waals surface area contributed by atoms with Gasteiger partial charge in [0.15, 0.2) is 5.52 Å². The van der Waals surface area contributed by atoms with Gasteiger partial charge in [0.1, 0.15) is 5.75 Å². The van der Waals surface area contributed by atoms with Crippen molar-refractivity contribution in [1.29, 1.82) is 0 Å². The number of amides is 1. The highest BCUT2D eigenvalue weighted by molar-refractivity contribution is 5.92. The van der Waals surface area contributed by atoms with Gasteiger partial charge >= 0.3 is 0 Å². The van der Waals surface area contributed by atoms with Crippen LogP contribution in [0.15, 0.2) is 30.5 Å². The van der Waals surface area contributed by atoms with Crippen LogP contribution >= 0.6 is 0 Å². The largest absolute Gasteiger partial charge is 0.493 e. The number of benzene rings is 1. The lowest BCUT2D eigenvalue weighted by Gasteiger charge is -2.11. The Labute approximate surface area is 119 Å². The maximum atomic E-state index is 11.0. The van der Waals surface area contributed by atoms with Gasteiger partial charge in [0.05, 0.1) is 17.6 Å². The average molecular weight is 290 g/mol. The fraction of sp³-hybridized carbons (Fsp3) is 0.231. The minimum atomic E-state index is -0.785. The molecule has 0 spiro atoms. The van der Waals surface area contributed by atoms with Crippen molar-refractivity contribution in [3.05, 3.63) is 40.6 Å². The van der Waals surface area contributed by atoms with E-state index in [4.69, 9.17) is 16.2 Å². The molecule has 0 aliphatic rings. The molecule has 0 saturated heterocycles. The van der Waals surface area contributed by atoms with E-state index in [1.807, 2.05) is 0 Å². The molecule has 1 heterocycles. The van der Waals surface area contributed by atoms with E-state index in [-0.39, 0.29) is 24.2 Å². The van der Waals surface area contributed by atoms with E-state index in [9.17, 15) is 14.9 Å². The van der Waals surface area contributed by atoms with E-state index in [1.165, 1.54) is 18.3 Å². The molecule has 4 N–H and O–H groups in total. The number of pyridine rings is 1. The summed E-state index contributed by atoms with van der Waals surface area (Å²) in [6.07, 6.45) is 1.73. The second-order valence-corrected chi connectivity index (χ2v) is 4.39. The number of nitrogens with two attached hydrogens (primary N) is 2. The van der Waals surface area contributed by atoms with Crippen LogP contribution in [0.25, 0.3) is 10.9 Å². The van der Waals surface area contributed by atoms with Crippen molar-refractivity contribution in [2.45, 2.75) is 12.5 Å². The van der Waals surface area contributed by atoms with E-state index in [0.29, 0.717) is 11.1 Å².